The van der Waals surface area contributed by atoms with Crippen LogP contribution in [-0.4, -0.2) is 12.5 Å². The Morgan fingerprint density at radius 3 is 2.93 bits per heavy atom. The second-order valence-corrected chi connectivity index (χ2v) is 4.60. The van der Waals surface area contributed by atoms with Gasteiger partial charge >= 0.3 is 0 Å². The molecule has 2 aromatic rings. The highest BCUT2D eigenvalue weighted by molar-refractivity contribution is 7.99. The summed E-state index contributed by atoms with van der Waals surface area (Å²) in [6, 6.07) is 5.22. The predicted molar refractivity (Wildman–Crippen MR) is 59.0 cm³/mol. The van der Waals surface area contributed by atoms with E-state index >= 15 is 0 Å². The van der Waals surface area contributed by atoms with Gasteiger partial charge in [0.2, 0.25) is 0 Å². The highest BCUT2D eigenvalue weighted by Gasteiger charge is 2.10. The third-order valence-electron chi connectivity index (χ3n) is 1.97. The molecule has 0 fully saturated rings. The van der Waals surface area contributed by atoms with Gasteiger partial charge in [-0.15, -0.1) is 23.1 Å². The molecule has 0 aliphatic carbocycles. The standard InChI is InChI=1S/C10H7FOS2/c1-13-9-7-3-2-6(5-12)4-8(7)14-10(9)11/h2-5H,1H3. The number of fused-ring (bicyclic) bond motifs is 1. The molecule has 0 saturated heterocycles. The van der Waals surface area contributed by atoms with Crippen molar-refractivity contribution in [1.29, 1.82) is 0 Å². The molecule has 1 aromatic heterocycles. The minimum Gasteiger partial charge on any atom is -0.298 e. The maximum Gasteiger partial charge on any atom is 0.191 e. The van der Waals surface area contributed by atoms with E-state index in [0.717, 1.165) is 27.7 Å². The maximum absolute atomic E-state index is 13.3. The fourth-order valence-corrected chi connectivity index (χ4v) is 3.19. The van der Waals surface area contributed by atoms with Gasteiger partial charge in [0.25, 0.3) is 0 Å². The summed E-state index contributed by atoms with van der Waals surface area (Å²) >= 11 is 2.48. The zero-order valence-electron chi connectivity index (χ0n) is 7.41. The van der Waals surface area contributed by atoms with Crippen LogP contribution in [0.2, 0.25) is 0 Å². The Labute approximate surface area is 88.9 Å². The molecule has 0 radical (unpaired) electrons. The molecule has 1 nitrogen and oxygen atoms in total. The quantitative estimate of drug-likeness (QED) is 0.575. The molecule has 0 aliphatic heterocycles. The number of hydrogen-bond acceptors (Lipinski definition) is 3. The summed E-state index contributed by atoms with van der Waals surface area (Å²) in [7, 11) is 0. The van der Waals surface area contributed by atoms with Gasteiger partial charge in [-0.25, -0.2) is 0 Å². The van der Waals surface area contributed by atoms with Crippen molar-refractivity contribution in [2.24, 2.45) is 0 Å². The summed E-state index contributed by atoms with van der Waals surface area (Å²) in [6.45, 7) is 0. The van der Waals surface area contributed by atoms with Gasteiger partial charge in [0, 0.05) is 15.6 Å². The Balaban J connectivity index is 2.74. The van der Waals surface area contributed by atoms with Crippen LogP contribution in [0.25, 0.3) is 10.1 Å². The van der Waals surface area contributed by atoms with Crippen LogP contribution < -0.4 is 0 Å². The number of carbonyl (C=O) groups is 1. The van der Waals surface area contributed by atoms with Gasteiger partial charge in [0.1, 0.15) is 6.29 Å². The van der Waals surface area contributed by atoms with Gasteiger partial charge < -0.3 is 0 Å². The summed E-state index contributed by atoms with van der Waals surface area (Å²) < 4.78 is 14.2. The number of aldehydes is 1. The molecule has 0 saturated carbocycles. The summed E-state index contributed by atoms with van der Waals surface area (Å²) in [6.07, 6.45) is 2.62. The van der Waals surface area contributed by atoms with E-state index in [4.69, 9.17) is 0 Å². The third-order valence-corrected chi connectivity index (χ3v) is 3.85. The van der Waals surface area contributed by atoms with Gasteiger partial charge in [-0.1, -0.05) is 12.1 Å². The van der Waals surface area contributed by atoms with Crippen LogP contribution >= 0.6 is 23.1 Å². The first-order valence-corrected chi connectivity index (χ1v) is 6.01. The lowest BCUT2D eigenvalue weighted by Gasteiger charge is -1.94. The molecular weight excluding hydrogens is 219 g/mol. The Kier molecular flexibility index (Phi) is 2.56. The van der Waals surface area contributed by atoms with Crippen LogP contribution in [0.1, 0.15) is 10.4 Å². The number of thiophene rings is 1. The first kappa shape index (κ1) is 9.68. The van der Waals surface area contributed by atoms with Crippen molar-refractivity contribution in [3.8, 4) is 0 Å². The largest absolute Gasteiger partial charge is 0.298 e. The van der Waals surface area contributed by atoms with Crippen LogP contribution in [-0.2, 0) is 0 Å². The van der Waals surface area contributed by atoms with Crippen LogP contribution in [0.5, 0.6) is 0 Å². The Hall–Kier alpha value is -0.870. The highest BCUT2D eigenvalue weighted by atomic mass is 32.2. The fourth-order valence-electron chi connectivity index (χ4n) is 1.32. The minimum atomic E-state index is -0.171. The SMILES string of the molecule is CSc1c(F)sc2cc(C=O)ccc12. The van der Waals surface area contributed by atoms with Crippen molar-refractivity contribution in [3.05, 3.63) is 28.9 Å². The molecule has 0 unspecified atom stereocenters. The normalized spacial score (nSPS) is 10.7. The van der Waals surface area contributed by atoms with E-state index in [9.17, 15) is 9.18 Å². The zero-order chi connectivity index (χ0) is 10.1. The Morgan fingerprint density at radius 2 is 2.29 bits per heavy atom. The van der Waals surface area contributed by atoms with Gasteiger partial charge in [0.05, 0.1) is 4.90 Å². The molecule has 72 valence electrons. The second kappa shape index (κ2) is 3.71. The number of benzene rings is 1. The maximum atomic E-state index is 13.3. The van der Waals surface area contributed by atoms with Gasteiger partial charge in [0.15, 0.2) is 5.13 Å². The van der Waals surface area contributed by atoms with Gasteiger partial charge in [-0.3, -0.25) is 4.79 Å². The number of halogens is 1. The molecule has 0 amide bonds. The molecule has 0 bridgehead atoms. The Morgan fingerprint density at radius 1 is 1.50 bits per heavy atom. The first-order valence-electron chi connectivity index (χ1n) is 3.97. The fraction of sp³-hybridized carbons (Fsp3) is 0.100. The van der Waals surface area contributed by atoms with Gasteiger partial charge in [-0.05, 0) is 12.3 Å². The number of rotatable bonds is 2. The molecule has 0 aliphatic rings. The number of carbonyl (C=O) groups excluding carboxylic acids is 1. The van der Waals surface area contributed by atoms with Crippen molar-refractivity contribution in [2.75, 3.05) is 6.26 Å². The van der Waals surface area contributed by atoms with Crippen LogP contribution in [0.15, 0.2) is 23.1 Å². The van der Waals surface area contributed by atoms with Crippen molar-refractivity contribution >= 4 is 39.5 Å². The van der Waals surface area contributed by atoms with Crippen molar-refractivity contribution in [1.82, 2.24) is 0 Å². The minimum absolute atomic E-state index is 0.171. The molecule has 1 aromatic carbocycles. The van der Waals surface area contributed by atoms with Gasteiger partial charge in [-0.2, -0.15) is 4.39 Å². The lowest BCUT2D eigenvalue weighted by Crippen LogP contribution is -1.77. The van der Waals surface area contributed by atoms with Crippen molar-refractivity contribution in [3.63, 3.8) is 0 Å². The van der Waals surface area contributed by atoms with E-state index in [-0.39, 0.29) is 5.13 Å². The summed E-state index contributed by atoms with van der Waals surface area (Å²) in [5.41, 5.74) is 0.589. The number of thioether (sulfide) groups is 1. The van der Waals surface area contributed by atoms with E-state index in [1.54, 1.807) is 18.2 Å². The second-order valence-electron chi connectivity index (χ2n) is 2.78. The smallest absolute Gasteiger partial charge is 0.191 e. The first-order chi connectivity index (χ1) is 6.76. The molecule has 0 spiro atoms. The lowest BCUT2D eigenvalue weighted by atomic mass is 10.2. The summed E-state index contributed by atoms with van der Waals surface area (Å²) in [5, 5.41) is 0.723. The zero-order valence-corrected chi connectivity index (χ0v) is 9.05. The Bertz CT molecular complexity index is 490. The van der Waals surface area contributed by atoms with E-state index in [1.807, 2.05) is 6.26 Å². The topological polar surface area (TPSA) is 17.1 Å². The molecule has 2 rings (SSSR count). The van der Waals surface area contributed by atoms with Crippen LogP contribution in [0.3, 0.4) is 0 Å². The van der Waals surface area contributed by atoms with Crippen molar-refractivity contribution < 1.29 is 9.18 Å². The van der Waals surface area contributed by atoms with E-state index < -0.39 is 0 Å². The highest BCUT2D eigenvalue weighted by Crippen LogP contribution is 2.36. The number of hydrogen-bond donors (Lipinski definition) is 0. The molecule has 0 atom stereocenters. The average Bonchev–Trinajstić information content (AvgIpc) is 2.51. The van der Waals surface area contributed by atoms with Crippen LogP contribution in [0, 0.1) is 5.13 Å². The summed E-state index contributed by atoms with van der Waals surface area (Å²) in [4.78, 5) is 11.2. The van der Waals surface area contributed by atoms with E-state index in [0.29, 0.717) is 10.5 Å². The van der Waals surface area contributed by atoms with E-state index in [2.05, 4.69) is 0 Å². The van der Waals surface area contributed by atoms with E-state index in [1.165, 1.54) is 11.8 Å². The molecule has 0 N–H and O–H groups in total. The summed E-state index contributed by atoms with van der Waals surface area (Å²) in [5.74, 6) is 0. The van der Waals surface area contributed by atoms with Crippen LogP contribution in [0.4, 0.5) is 4.39 Å². The monoisotopic (exact) mass is 226 g/mol. The average molecular weight is 226 g/mol. The molecular formula is C10H7FOS2. The third kappa shape index (κ3) is 1.44. The molecule has 14 heavy (non-hydrogen) atoms. The molecule has 4 heteroatoms. The predicted octanol–water partition coefficient (Wildman–Crippen LogP) is 3.57. The molecule has 1 heterocycles. The van der Waals surface area contributed by atoms with Crippen molar-refractivity contribution in [2.45, 2.75) is 4.90 Å². The lowest BCUT2D eigenvalue weighted by molar-refractivity contribution is 0.112.